The maximum Gasteiger partial charge on any atom is 0.331 e. The molecule has 6 N–H and O–H groups in total. The molecule has 3 rings (SSSR count). The first kappa shape index (κ1) is 18.7. The second-order valence-electron chi connectivity index (χ2n) is 4.52. The Morgan fingerprint density at radius 1 is 1.19 bits per heavy atom. The Labute approximate surface area is 145 Å². The molecule has 0 bridgehead atoms. The Morgan fingerprint density at radius 3 is 2.50 bits per heavy atom. The van der Waals surface area contributed by atoms with Crippen molar-refractivity contribution in [2.24, 2.45) is 11.5 Å². The molecule has 0 aliphatic heterocycles. The predicted octanol–water partition coefficient (Wildman–Crippen LogP) is -1.12. The van der Waals surface area contributed by atoms with E-state index in [1.54, 1.807) is 6.20 Å². The number of fused-ring (bicyclic) bond motifs is 1. The highest BCUT2D eigenvalue weighted by atomic mass is 32.2. The normalized spacial score (nSPS) is 10.7. The molecule has 0 aromatic carbocycles. The van der Waals surface area contributed by atoms with Crippen LogP contribution >= 0.6 is 0 Å². The molecule has 0 unspecified atom stereocenters. The highest BCUT2D eigenvalue weighted by Crippen LogP contribution is 2.10. The molecule has 26 heavy (non-hydrogen) atoms. The Kier molecular flexibility index (Phi) is 5.39. The van der Waals surface area contributed by atoms with Crippen LogP contribution in [0.25, 0.3) is 11.2 Å². The number of imidazole rings is 1. The van der Waals surface area contributed by atoms with E-state index in [1.165, 1.54) is 29.5 Å². The Bertz CT molecular complexity index is 1060. The molecule has 3 aromatic rings. The lowest BCUT2D eigenvalue weighted by atomic mass is 10.3. The van der Waals surface area contributed by atoms with Gasteiger partial charge in [0.25, 0.3) is 5.91 Å². The fourth-order valence-electron chi connectivity index (χ4n) is 1.75. The van der Waals surface area contributed by atoms with Gasteiger partial charge in [-0.2, -0.15) is 8.42 Å². The van der Waals surface area contributed by atoms with E-state index < -0.39 is 27.1 Å². The summed E-state index contributed by atoms with van der Waals surface area (Å²) in [7, 11) is -4.49. The lowest BCUT2D eigenvalue weighted by molar-refractivity contribution is 0.0996. The molecule has 0 saturated carbocycles. The fraction of sp³-hybridized carbons (Fsp3) is 0. The van der Waals surface area contributed by atoms with Gasteiger partial charge < -0.3 is 11.5 Å². The van der Waals surface area contributed by atoms with Crippen LogP contribution in [-0.4, -0.2) is 49.5 Å². The summed E-state index contributed by atoms with van der Waals surface area (Å²) in [4.78, 5) is 36.2. The monoisotopic (exact) mass is 380 g/mol. The van der Waals surface area contributed by atoms with Gasteiger partial charge in [0.05, 0.1) is 11.8 Å². The molecule has 3 amide bonds. The highest BCUT2D eigenvalue weighted by Gasteiger charge is 2.19. The van der Waals surface area contributed by atoms with Crippen LogP contribution in [0.2, 0.25) is 0 Å². The van der Waals surface area contributed by atoms with Gasteiger partial charge in [-0.15, -0.1) is 0 Å². The van der Waals surface area contributed by atoms with Crippen LogP contribution in [0.1, 0.15) is 10.4 Å². The van der Waals surface area contributed by atoms with Crippen molar-refractivity contribution in [2.75, 3.05) is 5.43 Å². The summed E-state index contributed by atoms with van der Waals surface area (Å²) >= 11 is 0. The number of carbonyl (C=O) groups is 2. The number of rotatable bonds is 3. The third-order valence-corrected chi connectivity index (χ3v) is 3.54. The van der Waals surface area contributed by atoms with Crippen LogP contribution in [0.4, 0.5) is 4.79 Å². The zero-order chi connectivity index (χ0) is 19.3. The number of nitrogens with zero attached hydrogens (tertiary/aromatic N) is 5. The lowest BCUT2D eigenvalue weighted by Gasteiger charge is -2.00. The minimum Gasteiger partial charge on any atom is -0.366 e. The zero-order valence-electron chi connectivity index (χ0n) is 12.8. The van der Waals surface area contributed by atoms with Crippen LogP contribution in [-0.2, 0) is 10.1 Å². The molecular formula is C12H12N8O5S. The first-order valence-corrected chi connectivity index (χ1v) is 8.06. The molecule has 0 saturated heterocycles. The van der Waals surface area contributed by atoms with Gasteiger partial charge in [0, 0.05) is 6.20 Å². The first-order chi connectivity index (χ1) is 12.2. The van der Waals surface area contributed by atoms with Crippen molar-refractivity contribution in [1.29, 1.82) is 0 Å². The van der Waals surface area contributed by atoms with Crippen molar-refractivity contribution in [3.63, 3.8) is 0 Å². The second-order valence-corrected chi connectivity index (χ2v) is 5.85. The molecule has 0 radical (unpaired) electrons. The maximum absolute atomic E-state index is 10.7. The van der Waals surface area contributed by atoms with Crippen LogP contribution in [0, 0.1) is 0 Å². The van der Waals surface area contributed by atoms with Gasteiger partial charge in [0.1, 0.15) is 18.2 Å². The van der Waals surface area contributed by atoms with Crippen molar-refractivity contribution in [2.45, 2.75) is 5.03 Å². The topological polar surface area (TPSA) is 209 Å². The number of primary amides is 2. The summed E-state index contributed by atoms with van der Waals surface area (Å²) < 4.78 is 31.2. The van der Waals surface area contributed by atoms with Gasteiger partial charge in [0.15, 0.2) is 10.7 Å². The molecule has 136 valence electrons. The number of carbonyl (C=O) groups excluding carboxylic acids is 2. The SMILES string of the molecule is NC(=O)Nn1cnc2cncnc21.NC(=O)c1cccnc1S(=O)(=O)O. The summed E-state index contributed by atoms with van der Waals surface area (Å²) in [5.74, 6) is -0.958. The molecular weight excluding hydrogens is 368 g/mol. The van der Waals surface area contributed by atoms with Crippen LogP contribution in [0.5, 0.6) is 0 Å². The van der Waals surface area contributed by atoms with Gasteiger partial charge in [-0.3, -0.25) is 9.35 Å². The minimum absolute atomic E-state index is 0.329. The average molecular weight is 380 g/mol. The van der Waals surface area contributed by atoms with Crippen molar-refractivity contribution < 1.29 is 22.6 Å². The number of hydrogen-bond acceptors (Lipinski definition) is 8. The van der Waals surface area contributed by atoms with Crippen LogP contribution in [0.3, 0.4) is 0 Å². The van der Waals surface area contributed by atoms with Crippen LogP contribution in [0.15, 0.2) is 42.2 Å². The predicted molar refractivity (Wildman–Crippen MR) is 86.8 cm³/mol. The molecule has 0 spiro atoms. The zero-order valence-corrected chi connectivity index (χ0v) is 13.7. The van der Waals surface area contributed by atoms with Crippen LogP contribution < -0.4 is 16.9 Å². The van der Waals surface area contributed by atoms with Gasteiger partial charge >= 0.3 is 16.1 Å². The third kappa shape index (κ3) is 4.46. The summed E-state index contributed by atoms with van der Waals surface area (Å²) in [5.41, 5.74) is 12.9. The van der Waals surface area contributed by atoms with E-state index >= 15 is 0 Å². The first-order valence-electron chi connectivity index (χ1n) is 6.62. The largest absolute Gasteiger partial charge is 0.366 e. The molecule has 3 aromatic heterocycles. The van der Waals surface area contributed by atoms with Crippen molar-refractivity contribution in [1.82, 2.24) is 24.6 Å². The minimum atomic E-state index is -4.49. The Morgan fingerprint density at radius 2 is 1.92 bits per heavy atom. The standard InChI is InChI=1S/C6H6N6O.C6H6N2O4S/c7-6(13)11-12-3-10-4-1-8-2-9-5(4)12;7-5(9)4-2-1-3-8-6(4)13(10,11)12/h1-3H,(H3,7,11,13);1-3H,(H2,7,9)(H,10,11,12). The Balaban J connectivity index is 0.000000187. The molecule has 13 nitrogen and oxygen atoms in total. The van der Waals surface area contributed by atoms with E-state index in [-0.39, 0.29) is 5.56 Å². The van der Waals surface area contributed by atoms with Crippen molar-refractivity contribution >= 4 is 33.2 Å². The number of nitrogens with two attached hydrogens (primary N) is 2. The number of aromatic nitrogens is 5. The lowest BCUT2D eigenvalue weighted by Crippen LogP contribution is -2.27. The average Bonchev–Trinajstić information content (AvgIpc) is 2.97. The molecule has 0 fully saturated rings. The summed E-state index contributed by atoms with van der Waals surface area (Å²) in [6.07, 6.45) is 5.45. The van der Waals surface area contributed by atoms with E-state index in [9.17, 15) is 18.0 Å². The quantitative estimate of drug-likeness (QED) is 0.405. The van der Waals surface area contributed by atoms with E-state index in [0.717, 1.165) is 6.20 Å². The van der Waals surface area contributed by atoms with Crippen molar-refractivity contribution in [3.8, 4) is 0 Å². The summed E-state index contributed by atoms with van der Waals surface area (Å²) in [6.45, 7) is 0. The molecule has 0 atom stereocenters. The van der Waals surface area contributed by atoms with Gasteiger partial charge in [-0.05, 0) is 12.1 Å². The fourth-order valence-corrected chi connectivity index (χ4v) is 2.39. The molecule has 3 heterocycles. The van der Waals surface area contributed by atoms with Gasteiger partial charge in [0.2, 0.25) is 0 Å². The van der Waals surface area contributed by atoms with Crippen molar-refractivity contribution in [3.05, 3.63) is 42.7 Å². The smallest absolute Gasteiger partial charge is 0.331 e. The van der Waals surface area contributed by atoms with E-state index in [0.29, 0.717) is 11.2 Å². The number of nitrogens with one attached hydrogen (secondary N) is 1. The molecule has 0 aliphatic carbocycles. The number of pyridine rings is 1. The molecule has 0 aliphatic rings. The summed E-state index contributed by atoms with van der Waals surface area (Å²) in [6, 6.07) is 1.84. The van der Waals surface area contributed by atoms with E-state index in [1.807, 2.05) is 0 Å². The molecule has 14 heteroatoms. The Hall–Kier alpha value is -3.65. The van der Waals surface area contributed by atoms with Gasteiger partial charge in [-0.1, -0.05) is 0 Å². The summed E-state index contributed by atoms with van der Waals surface area (Å²) in [5, 5.41) is -0.720. The van der Waals surface area contributed by atoms with Gasteiger partial charge in [-0.25, -0.2) is 34.8 Å². The van der Waals surface area contributed by atoms with E-state index in [4.69, 9.17) is 16.0 Å². The van der Waals surface area contributed by atoms with E-state index in [2.05, 4.69) is 25.4 Å². The number of amides is 3. The third-order valence-electron chi connectivity index (χ3n) is 2.72. The maximum atomic E-state index is 10.7. The number of hydrogen-bond donors (Lipinski definition) is 4. The highest BCUT2D eigenvalue weighted by molar-refractivity contribution is 7.85. The second kappa shape index (κ2) is 7.49. The number of urea groups is 1.